The minimum atomic E-state index is -0.217. The van der Waals surface area contributed by atoms with E-state index >= 15 is 0 Å². The molecule has 144 valence electrons. The molecule has 1 N–H and O–H groups in total. The maximum atomic E-state index is 12.4. The van der Waals surface area contributed by atoms with Gasteiger partial charge in [-0.25, -0.2) is 0 Å². The van der Waals surface area contributed by atoms with Crippen molar-refractivity contribution in [2.75, 3.05) is 6.54 Å². The van der Waals surface area contributed by atoms with Gasteiger partial charge in [-0.3, -0.25) is 9.78 Å². The van der Waals surface area contributed by atoms with Gasteiger partial charge in [0.2, 0.25) is 5.91 Å². The van der Waals surface area contributed by atoms with Gasteiger partial charge in [-0.15, -0.1) is 10.2 Å². The number of rotatable bonds is 8. The van der Waals surface area contributed by atoms with E-state index < -0.39 is 0 Å². The fourth-order valence-corrected chi connectivity index (χ4v) is 4.15. The molecule has 1 aliphatic rings. The lowest BCUT2D eigenvalue weighted by molar-refractivity contribution is -0.120. The molecule has 0 aliphatic heterocycles. The molecule has 0 spiro atoms. The van der Waals surface area contributed by atoms with Crippen LogP contribution in [0.5, 0.6) is 0 Å². The Kier molecular flexibility index (Phi) is 7.04. The van der Waals surface area contributed by atoms with Gasteiger partial charge in [0, 0.05) is 31.0 Å². The van der Waals surface area contributed by atoms with Gasteiger partial charge in [0.25, 0.3) is 0 Å². The Hall–Kier alpha value is -2.15. The second kappa shape index (κ2) is 9.69. The van der Waals surface area contributed by atoms with Crippen LogP contribution in [-0.2, 0) is 11.3 Å². The van der Waals surface area contributed by atoms with Crippen molar-refractivity contribution in [2.45, 2.75) is 62.9 Å². The number of carbonyl (C=O) groups excluding carboxylic acids is 1. The summed E-state index contributed by atoms with van der Waals surface area (Å²) in [6.45, 7) is 5.43. The zero-order chi connectivity index (χ0) is 19.1. The third-order valence-corrected chi connectivity index (χ3v) is 5.83. The lowest BCUT2D eigenvalue weighted by Gasteiger charge is -2.15. The highest BCUT2D eigenvalue weighted by molar-refractivity contribution is 8.00. The first kappa shape index (κ1) is 19.6. The Morgan fingerprint density at radius 3 is 2.81 bits per heavy atom. The Morgan fingerprint density at radius 1 is 1.30 bits per heavy atom. The Bertz CT molecular complexity index is 787. The zero-order valence-corrected chi connectivity index (χ0v) is 16.8. The van der Waals surface area contributed by atoms with Gasteiger partial charge >= 0.3 is 0 Å². The van der Waals surface area contributed by atoms with Crippen LogP contribution in [0.25, 0.3) is 11.4 Å². The number of carbonyl (C=O) groups is 1. The number of thioether (sulfide) groups is 1. The molecule has 0 unspecified atom stereocenters. The Labute approximate surface area is 164 Å². The highest BCUT2D eigenvalue weighted by atomic mass is 32.2. The summed E-state index contributed by atoms with van der Waals surface area (Å²) < 4.78 is 2.04. The van der Waals surface area contributed by atoms with E-state index in [1.165, 1.54) is 43.0 Å². The average Bonchev–Trinajstić information content (AvgIpc) is 3.11. The Balaban J connectivity index is 1.57. The van der Waals surface area contributed by atoms with E-state index in [-0.39, 0.29) is 11.2 Å². The number of amides is 1. The van der Waals surface area contributed by atoms with Crippen molar-refractivity contribution in [3.8, 4) is 11.4 Å². The van der Waals surface area contributed by atoms with Crippen LogP contribution in [0, 0.1) is 0 Å². The third-order valence-electron chi connectivity index (χ3n) is 4.75. The van der Waals surface area contributed by atoms with Crippen LogP contribution in [-0.4, -0.2) is 37.5 Å². The summed E-state index contributed by atoms with van der Waals surface area (Å²) in [5.74, 6) is 0.853. The van der Waals surface area contributed by atoms with E-state index in [0.717, 1.165) is 29.5 Å². The second-order valence-corrected chi connectivity index (χ2v) is 8.00. The summed E-state index contributed by atoms with van der Waals surface area (Å²) in [5.41, 5.74) is 2.46. The van der Waals surface area contributed by atoms with Crippen LogP contribution < -0.4 is 5.32 Å². The minimum Gasteiger partial charge on any atom is -0.355 e. The minimum absolute atomic E-state index is 0.0486. The SMILES string of the molecule is CCn1c(S[C@@H](C)C(=O)NCCC2=CCCCC2)nnc1-c1ccncc1. The molecule has 27 heavy (non-hydrogen) atoms. The number of nitrogens with one attached hydrogen (secondary N) is 1. The van der Waals surface area contributed by atoms with E-state index in [1.807, 2.05) is 23.6 Å². The summed E-state index contributed by atoms with van der Waals surface area (Å²) >= 11 is 1.45. The Morgan fingerprint density at radius 2 is 2.11 bits per heavy atom. The zero-order valence-electron chi connectivity index (χ0n) is 16.0. The van der Waals surface area contributed by atoms with E-state index in [2.05, 4.69) is 33.5 Å². The maximum Gasteiger partial charge on any atom is 0.233 e. The lowest BCUT2D eigenvalue weighted by Crippen LogP contribution is -2.32. The van der Waals surface area contributed by atoms with Crippen molar-refractivity contribution in [1.29, 1.82) is 0 Å². The molecule has 2 heterocycles. The fraction of sp³-hybridized carbons (Fsp3) is 0.500. The van der Waals surface area contributed by atoms with Crippen LogP contribution in [0.1, 0.15) is 46.0 Å². The highest BCUT2D eigenvalue weighted by Gasteiger charge is 2.20. The number of aromatic nitrogens is 4. The molecule has 7 heteroatoms. The number of hydrogen-bond donors (Lipinski definition) is 1. The van der Waals surface area contributed by atoms with Gasteiger partial charge < -0.3 is 9.88 Å². The van der Waals surface area contributed by atoms with Gasteiger partial charge in [0.1, 0.15) is 0 Å². The van der Waals surface area contributed by atoms with E-state index in [9.17, 15) is 4.79 Å². The predicted octanol–water partition coefficient (Wildman–Crippen LogP) is 3.85. The molecule has 0 aromatic carbocycles. The van der Waals surface area contributed by atoms with Gasteiger partial charge in [0.05, 0.1) is 5.25 Å². The van der Waals surface area contributed by atoms with Crippen molar-refractivity contribution in [3.05, 3.63) is 36.2 Å². The third kappa shape index (κ3) is 5.19. The van der Waals surface area contributed by atoms with E-state index in [1.54, 1.807) is 12.4 Å². The summed E-state index contributed by atoms with van der Waals surface area (Å²) in [4.78, 5) is 16.5. The molecular formula is C20H27N5OS. The molecule has 0 saturated heterocycles. The predicted molar refractivity (Wildman–Crippen MR) is 108 cm³/mol. The van der Waals surface area contributed by atoms with Crippen molar-refractivity contribution in [1.82, 2.24) is 25.1 Å². The number of pyridine rings is 1. The molecule has 1 atom stereocenters. The summed E-state index contributed by atoms with van der Waals surface area (Å²) in [7, 11) is 0. The van der Waals surface area contributed by atoms with E-state index in [4.69, 9.17) is 0 Å². The van der Waals surface area contributed by atoms with Crippen LogP contribution in [0.4, 0.5) is 0 Å². The van der Waals surface area contributed by atoms with Crippen molar-refractivity contribution >= 4 is 17.7 Å². The maximum absolute atomic E-state index is 12.4. The summed E-state index contributed by atoms with van der Waals surface area (Å²) in [5, 5.41) is 12.2. The van der Waals surface area contributed by atoms with Crippen LogP contribution in [0.2, 0.25) is 0 Å². The number of hydrogen-bond acceptors (Lipinski definition) is 5. The largest absolute Gasteiger partial charge is 0.355 e. The molecule has 6 nitrogen and oxygen atoms in total. The highest BCUT2D eigenvalue weighted by Crippen LogP contribution is 2.26. The molecular weight excluding hydrogens is 358 g/mol. The molecule has 0 fully saturated rings. The lowest BCUT2D eigenvalue weighted by atomic mass is 9.97. The molecule has 2 aromatic heterocycles. The topological polar surface area (TPSA) is 72.7 Å². The molecule has 0 bridgehead atoms. The molecule has 1 amide bonds. The number of allylic oxidation sites excluding steroid dienone is 1. The van der Waals surface area contributed by atoms with Gasteiger partial charge in [-0.1, -0.05) is 23.4 Å². The van der Waals surface area contributed by atoms with Crippen LogP contribution in [0.15, 0.2) is 41.3 Å². The smallest absolute Gasteiger partial charge is 0.233 e. The van der Waals surface area contributed by atoms with Gasteiger partial charge in [-0.05, 0) is 58.1 Å². The molecule has 1 aliphatic carbocycles. The van der Waals surface area contributed by atoms with Gasteiger partial charge in [0.15, 0.2) is 11.0 Å². The first-order valence-corrected chi connectivity index (χ1v) is 10.5. The molecule has 0 saturated carbocycles. The van der Waals surface area contributed by atoms with Crippen molar-refractivity contribution in [3.63, 3.8) is 0 Å². The fourth-order valence-electron chi connectivity index (χ4n) is 3.21. The van der Waals surface area contributed by atoms with E-state index in [0.29, 0.717) is 6.54 Å². The van der Waals surface area contributed by atoms with Crippen molar-refractivity contribution < 1.29 is 4.79 Å². The second-order valence-electron chi connectivity index (χ2n) is 6.70. The van der Waals surface area contributed by atoms with Crippen LogP contribution in [0.3, 0.4) is 0 Å². The average molecular weight is 386 g/mol. The van der Waals surface area contributed by atoms with Crippen molar-refractivity contribution in [2.24, 2.45) is 0 Å². The molecule has 3 rings (SSSR count). The van der Waals surface area contributed by atoms with Gasteiger partial charge in [-0.2, -0.15) is 0 Å². The first-order chi connectivity index (χ1) is 13.2. The quantitative estimate of drug-likeness (QED) is 0.552. The molecule has 0 radical (unpaired) electrons. The monoisotopic (exact) mass is 385 g/mol. The summed E-state index contributed by atoms with van der Waals surface area (Å²) in [6, 6.07) is 3.83. The number of nitrogens with zero attached hydrogens (tertiary/aromatic N) is 4. The summed E-state index contributed by atoms with van der Waals surface area (Å²) in [6.07, 6.45) is 11.7. The first-order valence-electron chi connectivity index (χ1n) is 9.65. The van der Waals surface area contributed by atoms with Crippen LogP contribution >= 0.6 is 11.8 Å². The standard InChI is InChI=1S/C20H27N5OS/c1-3-25-18(17-10-12-21-13-11-17)23-24-20(25)27-15(2)19(26)22-14-9-16-7-5-4-6-8-16/h7,10-13,15H,3-6,8-9,14H2,1-2H3,(H,22,26)/t15-/m0/s1. The molecule has 2 aromatic rings. The normalized spacial score (nSPS) is 15.3.